The number of hydrogen-bond donors (Lipinski definition) is 2. The van der Waals surface area contributed by atoms with Crippen molar-refractivity contribution in [3.63, 3.8) is 0 Å². The molecule has 5 rings (SSSR count). The zero-order valence-corrected chi connectivity index (χ0v) is 18.7. The Morgan fingerprint density at radius 1 is 1.23 bits per heavy atom. The maximum Gasteiger partial charge on any atom is 0.181 e. The van der Waals surface area contributed by atoms with Crippen molar-refractivity contribution in [2.45, 2.75) is 20.3 Å². The van der Waals surface area contributed by atoms with Crippen molar-refractivity contribution >= 4 is 40.2 Å². The number of aromatic nitrogens is 5. The number of aryl methyl sites for hydroxylation is 3. The van der Waals surface area contributed by atoms with Gasteiger partial charge in [-0.25, -0.2) is 9.97 Å². The van der Waals surface area contributed by atoms with Gasteiger partial charge in [0.05, 0.1) is 28.8 Å². The van der Waals surface area contributed by atoms with Gasteiger partial charge in [0.1, 0.15) is 6.79 Å². The quantitative estimate of drug-likeness (QED) is 0.508. The summed E-state index contributed by atoms with van der Waals surface area (Å²) in [5.74, 6) is 0.769. The van der Waals surface area contributed by atoms with Gasteiger partial charge in [0.15, 0.2) is 11.5 Å². The van der Waals surface area contributed by atoms with Crippen LogP contribution in [-0.2, 0) is 11.8 Å². The normalized spacial score (nSPS) is 13.6. The minimum atomic E-state index is 0.769. The Morgan fingerprint density at radius 2 is 2.06 bits per heavy atom. The molecule has 0 atom stereocenters. The van der Waals surface area contributed by atoms with Crippen LogP contribution >= 0.6 is 11.3 Å². The molecule has 0 saturated carbocycles. The third-order valence-corrected chi connectivity index (χ3v) is 6.32. The average Bonchev–Trinajstić information content (AvgIpc) is 3.49. The standard InChI is InChI=1S/C21H23N7S.CH2O/c1-13-7-19(29-14(13)2)26-20-21-23-10-18(16-9-24-27(3)11-16)28(21)12-17(25-20)15-5-4-6-22-8-15;1-2/h5,7,9-12,22H,4,6,8H2,1-3H3,(H,25,26);1H2. The third-order valence-electron chi connectivity index (χ3n) is 5.26. The number of thiophene rings is 1. The zero-order valence-electron chi connectivity index (χ0n) is 17.8. The van der Waals surface area contributed by atoms with Gasteiger partial charge in [0.25, 0.3) is 0 Å². The molecule has 160 valence electrons. The van der Waals surface area contributed by atoms with Crippen LogP contribution in [0.25, 0.3) is 22.5 Å². The summed E-state index contributed by atoms with van der Waals surface area (Å²) in [7, 11) is 1.92. The van der Waals surface area contributed by atoms with Crippen LogP contribution in [0.2, 0.25) is 0 Å². The summed E-state index contributed by atoms with van der Waals surface area (Å²) in [5.41, 5.74) is 6.29. The van der Waals surface area contributed by atoms with E-state index in [4.69, 9.17) is 9.78 Å². The third kappa shape index (κ3) is 4.14. The molecular weight excluding hydrogens is 410 g/mol. The summed E-state index contributed by atoms with van der Waals surface area (Å²) in [6.45, 7) is 8.10. The van der Waals surface area contributed by atoms with Gasteiger partial charge in [-0.1, -0.05) is 6.08 Å². The fourth-order valence-electron chi connectivity index (χ4n) is 3.58. The first kappa shape index (κ1) is 21.0. The van der Waals surface area contributed by atoms with Gasteiger partial charge >= 0.3 is 0 Å². The van der Waals surface area contributed by atoms with E-state index >= 15 is 0 Å². The van der Waals surface area contributed by atoms with Crippen LogP contribution < -0.4 is 10.6 Å². The Balaban J connectivity index is 0.00000112. The molecule has 2 N–H and O–H groups in total. The number of rotatable bonds is 4. The van der Waals surface area contributed by atoms with E-state index in [1.165, 1.54) is 16.0 Å². The first-order valence-corrected chi connectivity index (χ1v) is 10.8. The molecule has 31 heavy (non-hydrogen) atoms. The maximum atomic E-state index is 8.00. The SMILES string of the molecule is C=O.Cc1cc(Nc2nc(C3=CCCNC3)cn3c(-c4cnn(C)c4)cnc23)sc1C. The van der Waals surface area contributed by atoms with Crippen molar-refractivity contribution in [2.24, 2.45) is 7.05 Å². The van der Waals surface area contributed by atoms with E-state index < -0.39 is 0 Å². The number of fused-ring (bicyclic) bond motifs is 1. The van der Waals surface area contributed by atoms with Crippen LogP contribution in [-0.4, -0.2) is 44.0 Å². The number of hydrogen-bond acceptors (Lipinski definition) is 7. The second-order valence-corrected chi connectivity index (χ2v) is 8.64. The van der Waals surface area contributed by atoms with Gasteiger partial charge in [0.2, 0.25) is 0 Å². The number of anilines is 2. The Kier molecular flexibility index (Phi) is 5.97. The Bertz CT molecular complexity index is 1230. The van der Waals surface area contributed by atoms with E-state index in [-0.39, 0.29) is 0 Å². The highest BCUT2D eigenvalue weighted by Crippen LogP contribution is 2.32. The Hall–Kier alpha value is -3.30. The van der Waals surface area contributed by atoms with Crippen molar-refractivity contribution in [3.8, 4) is 11.3 Å². The number of nitrogens with one attached hydrogen (secondary N) is 2. The summed E-state index contributed by atoms with van der Waals surface area (Å²) in [6, 6.07) is 2.16. The van der Waals surface area contributed by atoms with Crippen molar-refractivity contribution in [2.75, 3.05) is 18.4 Å². The number of imidazole rings is 1. The van der Waals surface area contributed by atoms with Crippen molar-refractivity contribution in [1.82, 2.24) is 29.5 Å². The number of nitrogens with zero attached hydrogens (tertiary/aromatic N) is 5. The van der Waals surface area contributed by atoms with Gasteiger partial charge in [-0.15, -0.1) is 11.3 Å². The van der Waals surface area contributed by atoms with E-state index in [2.05, 4.69) is 57.3 Å². The number of carbonyl (C=O) groups is 1. The minimum absolute atomic E-state index is 0.769. The summed E-state index contributed by atoms with van der Waals surface area (Å²) in [6.07, 6.45) is 11.1. The summed E-state index contributed by atoms with van der Waals surface area (Å²) in [4.78, 5) is 18.9. The fraction of sp³-hybridized carbons (Fsp3) is 0.273. The lowest BCUT2D eigenvalue weighted by Crippen LogP contribution is -2.22. The van der Waals surface area contributed by atoms with Crippen LogP contribution in [0.1, 0.15) is 22.6 Å². The first-order valence-electron chi connectivity index (χ1n) is 9.98. The molecule has 5 heterocycles. The molecule has 9 heteroatoms. The molecule has 0 radical (unpaired) electrons. The second kappa shape index (κ2) is 8.83. The summed E-state index contributed by atoms with van der Waals surface area (Å²) >= 11 is 1.74. The van der Waals surface area contributed by atoms with E-state index in [1.807, 2.05) is 32.4 Å². The highest BCUT2D eigenvalue weighted by atomic mass is 32.1. The zero-order chi connectivity index (χ0) is 22.0. The van der Waals surface area contributed by atoms with Gasteiger partial charge in [-0.3, -0.25) is 9.08 Å². The van der Waals surface area contributed by atoms with Gasteiger partial charge < -0.3 is 15.4 Å². The largest absolute Gasteiger partial charge is 0.329 e. The van der Waals surface area contributed by atoms with Crippen molar-refractivity contribution in [3.05, 3.63) is 53.1 Å². The smallest absolute Gasteiger partial charge is 0.181 e. The summed E-state index contributed by atoms with van der Waals surface area (Å²) in [5, 5.41) is 12.3. The molecule has 1 aliphatic heterocycles. The molecule has 0 aromatic carbocycles. The molecule has 8 nitrogen and oxygen atoms in total. The van der Waals surface area contributed by atoms with Crippen LogP contribution in [0, 0.1) is 13.8 Å². The molecule has 4 aromatic heterocycles. The molecule has 0 aliphatic carbocycles. The van der Waals surface area contributed by atoms with Crippen molar-refractivity contribution in [1.29, 1.82) is 0 Å². The van der Waals surface area contributed by atoms with Gasteiger partial charge in [-0.2, -0.15) is 5.10 Å². The minimum Gasteiger partial charge on any atom is -0.329 e. The monoisotopic (exact) mass is 435 g/mol. The van der Waals surface area contributed by atoms with Crippen LogP contribution in [0.5, 0.6) is 0 Å². The van der Waals surface area contributed by atoms with Crippen LogP contribution in [0.15, 0.2) is 36.9 Å². The predicted molar refractivity (Wildman–Crippen MR) is 125 cm³/mol. The van der Waals surface area contributed by atoms with Crippen molar-refractivity contribution < 1.29 is 4.79 Å². The second-order valence-electron chi connectivity index (χ2n) is 7.38. The van der Waals surface area contributed by atoms with E-state index in [0.717, 1.165) is 52.9 Å². The molecule has 0 amide bonds. The predicted octanol–water partition coefficient (Wildman–Crippen LogP) is 3.74. The average molecular weight is 436 g/mol. The number of carbonyl (C=O) groups excluding carboxylic acids is 1. The lowest BCUT2D eigenvalue weighted by atomic mass is 10.1. The van der Waals surface area contributed by atoms with Gasteiger partial charge in [-0.05, 0) is 44.0 Å². The fourth-order valence-corrected chi connectivity index (χ4v) is 4.52. The first-order chi connectivity index (χ1) is 15.1. The van der Waals surface area contributed by atoms with Crippen LogP contribution in [0.3, 0.4) is 0 Å². The Morgan fingerprint density at radius 3 is 2.71 bits per heavy atom. The molecule has 0 saturated heterocycles. The van der Waals surface area contributed by atoms with E-state index in [0.29, 0.717) is 0 Å². The van der Waals surface area contributed by atoms with Crippen LogP contribution in [0.4, 0.5) is 10.8 Å². The molecule has 1 aliphatic rings. The Labute approximate surface area is 184 Å². The lowest BCUT2D eigenvalue weighted by Gasteiger charge is -2.16. The van der Waals surface area contributed by atoms with E-state index in [9.17, 15) is 0 Å². The molecule has 0 unspecified atom stereocenters. The highest BCUT2D eigenvalue weighted by molar-refractivity contribution is 7.16. The molecule has 0 bridgehead atoms. The lowest BCUT2D eigenvalue weighted by molar-refractivity contribution is -0.0979. The molecular formula is C22H25N7OS. The highest BCUT2D eigenvalue weighted by Gasteiger charge is 2.17. The molecule has 4 aromatic rings. The molecule has 0 fully saturated rings. The van der Waals surface area contributed by atoms with Gasteiger partial charge in [0, 0.05) is 36.4 Å². The topological polar surface area (TPSA) is 89.1 Å². The molecule has 0 spiro atoms. The van der Waals surface area contributed by atoms with E-state index in [1.54, 1.807) is 16.0 Å². The maximum absolute atomic E-state index is 8.00. The summed E-state index contributed by atoms with van der Waals surface area (Å²) < 4.78 is 3.92.